The number of ether oxygens (including phenoxy) is 3. The number of imide groups is 1. The Morgan fingerprint density at radius 3 is 2.12 bits per heavy atom. The molecule has 0 spiro atoms. The molecule has 220 valence electrons. The van der Waals surface area contributed by atoms with Crippen molar-refractivity contribution in [1.29, 1.82) is 0 Å². The third-order valence-corrected chi connectivity index (χ3v) is 5.68. The van der Waals surface area contributed by atoms with Crippen molar-refractivity contribution >= 4 is 35.6 Å². The maximum Gasteiger partial charge on any atom is 0.427 e. The van der Waals surface area contributed by atoms with Gasteiger partial charge in [0, 0.05) is 12.7 Å². The van der Waals surface area contributed by atoms with Crippen molar-refractivity contribution in [3.8, 4) is 5.88 Å². The largest absolute Gasteiger partial charge is 0.480 e. The second kappa shape index (κ2) is 11.5. The minimum Gasteiger partial charge on any atom is -0.480 e. The van der Waals surface area contributed by atoms with Gasteiger partial charge in [0.1, 0.15) is 16.9 Å². The molecule has 1 aromatic heterocycles. The van der Waals surface area contributed by atoms with Crippen LogP contribution in [0.15, 0.2) is 41.7 Å². The lowest BCUT2D eigenvalue weighted by Crippen LogP contribution is -2.56. The third kappa shape index (κ3) is 7.77. The minimum absolute atomic E-state index is 0.0718. The van der Waals surface area contributed by atoms with Gasteiger partial charge in [-0.2, -0.15) is 0 Å². The van der Waals surface area contributed by atoms with Gasteiger partial charge in [-0.3, -0.25) is 14.5 Å². The van der Waals surface area contributed by atoms with Crippen LogP contribution in [-0.4, -0.2) is 75.1 Å². The van der Waals surface area contributed by atoms with Gasteiger partial charge in [0.15, 0.2) is 0 Å². The van der Waals surface area contributed by atoms with E-state index in [1.807, 2.05) is 0 Å². The number of amides is 4. The first-order chi connectivity index (χ1) is 18.9. The van der Waals surface area contributed by atoms with Crippen molar-refractivity contribution in [2.24, 2.45) is 4.99 Å². The first-order valence-electron chi connectivity index (χ1n) is 12.8. The van der Waals surface area contributed by atoms with Crippen LogP contribution >= 0.6 is 0 Å². The summed E-state index contributed by atoms with van der Waals surface area (Å²) in [6, 6.07) is 6.73. The molecule has 1 aliphatic rings. The van der Waals surface area contributed by atoms with Gasteiger partial charge in [0.05, 0.1) is 31.5 Å². The van der Waals surface area contributed by atoms with E-state index in [0.29, 0.717) is 16.2 Å². The Balaban J connectivity index is 2.01. The summed E-state index contributed by atoms with van der Waals surface area (Å²) >= 11 is 0. The summed E-state index contributed by atoms with van der Waals surface area (Å²) in [6.45, 7) is 11.6. The fourth-order valence-electron chi connectivity index (χ4n) is 3.75. The molecule has 1 unspecified atom stereocenters. The number of nitrogens with zero attached hydrogens (tertiary/aromatic N) is 5. The summed E-state index contributed by atoms with van der Waals surface area (Å²) in [5, 5.41) is 2.75. The second-order valence-corrected chi connectivity index (χ2v) is 11.6. The monoisotopic (exact) mass is 568 g/mol. The summed E-state index contributed by atoms with van der Waals surface area (Å²) in [6.07, 6.45) is 0.443. The molecule has 0 radical (unpaired) electrons. The highest BCUT2D eigenvalue weighted by Crippen LogP contribution is 2.35. The van der Waals surface area contributed by atoms with E-state index in [0.717, 1.165) is 4.90 Å². The Bertz CT molecular complexity index is 1330. The molecule has 13 nitrogen and oxygen atoms in total. The average molecular weight is 569 g/mol. The van der Waals surface area contributed by atoms with Crippen LogP contribution in [0.1, 0.15) is 70.9 Å². The van der Waals surface area contributed by atoms with Crippen molar-refractivity contribution in [2.75, 3.05) is 19.5 Å². The number of carbonyl (C=O) groups excluding carboxylic acids is 4. The lowest BCUT2D eigenvalue weighted by molar-refractivity contribution is -0.128. The molecule has 0 aliphatic carbocycles. The maximum absolute atomic E-state index is 13.3. The van der Waals surface area contributed by atoms with Crippen molar-refractivity contribution < 1.29 is 33.4 Å². The summed E-state index contributed by atoms with van der Waals surface area (Å²) in [4.78, 5) is 67.0. The molecule has 0 bridgehead atoms. The van der Waals surface area contributed by atoms with Crippen molar-refractivity contribution in [2.45, 2.75) is 71.6 Å². The van der Waals surface area contributed by atoms with E-state index in [9.17, 15) is 19.2 Å². The standard InChI is InChI=1S/C28H36N6O7/c1-26(2,3)40-24(37)34(25(38)41-27(4,5)6)23-32-28(7,14-21(35)33(23)8)17-11-10-12-18(13-17)31-22(36)19-15-30-20(39-9)16-29-19/h10-13,15-16H,14H2,1-9H3,(H,31,36). The Morgan fingerprint density at radius 2 is 1.61 bits per heavy atom. The van der Waals surface area contributed by atoms with Gasteiger partial charge in [-0.1, -0.05) is 12.1 Å². The van der Waals surface area contributed by atoms with Gasteiger partial charge < -0.3 is 19.5 Å². The smallest absolute Gasteiger partial charge is 0.427 e. The molecule has 1 aliphatic heterocycles. The molecule has 13 heteroatoms. The summed E-state index contributed by atoms with van der Waals surface area (Å²) in [7, 11) is 2.85. The number of rotatable bonds is 4. The minimum atomic E-state index is -1.22. The van der Waals surface area contributed by atoms with Gasteiger partial charge >= 0.3 is 12.2 Å². The molecule has 2 aromatic rings. The number of methoxy groups -OCH3 is 1. The highest BCUT2D eigenvalue weighted by atomic mass is 16.6. The zero-order chi connectivity index (χ0) is 30.8. The number of hydrogen-bond donors (Lipinski definition) is 1. The van der Waals surface area contributed by atoms with Crippen LogP contribution in [0.5, 0.6) is 5.88 Å². The van der Waals surface area contributed by atoms with E-state index in [1.165, 1.54) is 26.6 Å². The molecule has 0 fully saturated rings. The number of anilines is 1. The molecule has 0 saturated heterocycles. The van der Waals surface area contributed by atoms with Gasteiger partial charge in [-0.25, -0.2) is 24.5 Å². The molecule has 1 N–H and O–H groups in total. The van der Waals surface area contributed by atoms with Crippen LogP contribution in [-0.2, 0) is 19.8 Å². The van der Waals surface area contributed by atoms with E-state index >= 15 is 0 Å². The Labute approximate surface area is 238 Å². The molecule has 4 amide bonds. The molecular formula is C28H36N6O7. The van der Waals surface area contributed by atoms with Crippen LogP contribution in [0.3, 0.4) is 0 Å². The zero-order valence-corrected chi connectivity index (χ0v) is 24.8. The maximum atomic E-state index is 13.3. The average Bonchev–Trinajstić information content (AvgIpc) is 2.85. The number of benzene rings is 1. The first kappa shape index (κ1) is 31.0. The quantitative estimate of drug-likeness (QED) is 0.567. The highest BCUT2D eigenvalue weighted by molar-refractivity contribution is 6.13. The van der Waals surface area contributed by atoms with E-state index in [2.05, 4.69) is 15.3 Å². The summed E-state index contributed by atoms with van der Waals surface area (Å²) < 4.78 is 15.9. The Hall–Kier alpha value is -4.55. The summed E-state index contributed by atoms with van der Waals surface area (Å²) in [5.41, 5.74) is -2.09. The number of carbonyl (C=O) groups is 4. The molecule has 1 atom stereocenters. The second-order valence-electron chi connectivity index (χ2n) is 11.6. The zero-order valence-electron chi connectivity index (χ0n) is 24.8. The number of nitrogens with one attached hydrogen (secondary N) is 1. The topological polar surface area (TPSA) is 153 Å². The molecule has 1 aromatic carbocycles. The van der Waals surface area contributed by atoms with Gasteiger partial charge in [-0.15, -0.1) is 4.90 Å². The van der Waals surface area contributed by atoms with Crippen LogP contribution in [0.25, 0.3) is 0 Å². The van der Waals surface area contributed by atoms with Gasteiger partial charge in [0.25, 0.3) is 5.91 Å². The summed E-state index contributed by atoms with van der Waals surface area (Å²) in [5.74, 6) is -0.899. The van der Waals surface area contributed by atoms with E-state index in [-0.39, 0.29) is 24.0 Å². The van der Waals surface area contributed by atoms with E-state index in [4.69, 9.17) is 19.2 Å². The molecule has 3 rings (SSSR count). The molecule has 2 heterocycles. The van der Waals surface area contributed by atoms with E-state index < -0.39 is 40.7 Å². The normalized spacial score (nSPS) is 17.3. The fourth-order valence-corrected chi connectivity index (χ4v) is 3.75. The number of aromatic nitrogens is 2. The number of hydrogen-bond acceptors (Lipinski definition) is 10. The predicted molar refractivity (Wildman–Crippen MR) is 149 cm³/mol. The van der Waals surface area contributed by atoms with E-state index in [1.54, 1.807) is 72.7 Å². The lowest BCUT2D eigenvalue weighted by Gasteiger charge is -2.38. The first-order valence-corrected chi connectivity index (χ1v) is 12.8. The fraction of sp³-hybridized carbons (Fsp3) is 0.464. The van der Waals surface area contributed by atoms with Crippen molar-refractivity contribution in [1.82, 2.24) is 19.8 Å². The number of guanidine groups is 1. The molecule has 0 saturated carbocycles. The molecular weight excluding hydrogens is 532 g/mol. The van der Waals surface area contributed by atoms with Gasteiger partial charge in [0.2, 0.25) is 17.7 Å². The SMILES string of the molecule is COc1cnc(C(=O)Nc2cccc(C3(C)CC(=O)N(C)C(N(C(=O)OC(C)(C)C)C(=O)OC(C)(C)C)=N3)c2)cn1. The Morgan fingerprint density at radius 1 is 1.00 bits per heavy atom. The highest BCUT2D eigenvalue weighted by Gasteiger charge is 2.44. The van der Waals surface area contributed by atoms with Crippen LogP contribution in [0.2, 0.25) is 0 Å². The van der Waals surface area contributed by atoms with Crippen LogP contribution in [0, 0.1) is 0 Å². The molecule has 41 heavy (non-hydrogen) atoms. The Kier molecular flexibility index (Phi) is 8.70. The third-order valence-electron chi connectivity index (χ3n) is 5.68. The van der Waals surface area contributed by atoms with Crippen molar-refractivity contribution in [3.05, 3.63) is 47.9 Å². The predicted octanol–water partition coefficient (Wildman–Crippen LogP) is 4.34. The van der Waals surface area contributed by atoms with Crippen molar-refractivity contribution in [3.63, 3.8) is 0 Å². The number of aliphatic imine (C=N–C) groups is 1. The lowest BCUT2D eigenvalue weighted by atomic mass is 9.87. The van der Waals surface area contributed by atoms with Crippen LogP contribution in [0.4, 0.5) is 15.3 Å². The van der Waals surface area contributed by atoms with Gasteiger partial charge in [-0.05, 0) is 66.2 Å². The van der Waals surface area contributed by atoms with Crippen LogP contribution < -0.4 is 10.1 Å².